The number of nitrogens with two attached hydrogens (primary N) is 1. The van der Waals surface area contributed by atoms with Crippen molar-refractivity contribution in [2.75, 3.05) is 5.73 Å². The van der Waals surface area contributed by atoms with Crippen molar-refractivity contribution in [1.29, 1.82) is 0 Å². The largest absolute Gasteiger partial charge is 0.397 e. The van der Waals surface area contributed by atoms with Gasteiger partial charge in [-0.2, -0.15) is 0 Å². The molecule has 2 rings (SSSR count). The highest BCUT2D eigenvalue weighted by atomic mass is 35.5. The lowest BCUT2D eigenvalue weighted by molar-refractivity contribution is 0.628. The lowest BCUT2D eigenvalue weighted by Gasteiger charge is -2.09. The van der Waals surface area contributed by atoms with Gasteiger partial charge in [0.05, 0.1) is 28.4 Å². The fourth-order valence-corrected chi connectivity index (χ4v) is 1.66. The molecule has 1 aromatic heterocycles. The van der Waals surface area contributed by atoms with Crippen molar-refractivity contribution in [2.24, 2.45) is 0 Å². The first-order valence-electron chi connectivity index (χ1n) is 4.76. The molecule has 0 aliphatic rings. The van der Waals surface area contributed by atoms with E-state index in [4.69, 9.17) is 17.3 Å². The van der Waals surface area contributed by atoms with Crippen molar-refractivity contribution in [3.05, 3.63) is 40.7 Å². The molecule has 2 N–H and O–H groups in total. The molecule has 0 radical (unpaired) electrons. The van der Waals surface area contributed by atoms with Crippen LogP contribution in [-0.4, -0.2) is 9.55 Å². The topological polar surface area (TPSA) is 43.8 Å². The fourth-order valence-electron chi connectivity index (χ4n) is 1.50. The Labute approximate surface area is 97.7 Å². The second-order valence-corrected chi connectivity index (χ2v) is 4.02. The van der Waals surface area contributed by atoms with E-state index in [1.807, 2.05) is 13.8 Å². The SMILES string of the molecule is Cc1ncn(-c2cc(Cl)c(F)cc2N)c1C. The zero-order valence-corrected chi connectivity index (χ0v) is 9.72. The van der Waals surface area contributed by atoms with Gasteiger partial charge in [-0.3, -0.25) is 0 Å². The van der Waals surface area contributed by atoms with Gasteiger partial charge < -0.3 is 10.3 Å². The maximum Gasteiger partial charge on any atom is 0.143 e. The third-order valence-electron chi connectivity index (χ3n) is 2.58. The third-order valence-corrected chi connectivity index (χ3v) is 2.87. The number of anilines is 1. The first-order chi connectivity index (χ1) is 7.50. The van der Waals surface area contributed by atoms with Crippen molar-refractivity contribution in [3.8, 4) is 5.69 Å². The maximum absolute atomic E-state index is 13.1. The molecular formula is C11H11ClFN3. The normalized spacial score (nSPS) is 10.8. The van der Waals surface area contributed by atoms with Crippen LogP contribution < -0.4 is 5.73 Å². The molecule has 1 aromatic carbocycles. The van der Waals surface area contributed by atoms with Gasteiger partial charge in [0.1, 0.15) is 5.82 Å². The molecule has 2 aromatic rings. The number of halogens is 2. The molecule has 0 unspecified atom stereocenters. The van der Waals surface area contributed by atoms with Crippen molar-refractivity contribution in [1.82, 2.24) is 9.55 Å². The van der Waals surface area contributed by atoms with Crippen LogP contribution >= 0.6 is 11.6 Å². The van der Waals surface area contributed by atoms with Crippen LogP contribution in [0.25, 0.3) is 5.69 Å². The Morgan fingerprint density at radius 1 is 1.38 bits per heavy atom. The molecule has 0 atom stereocenters. The Bertz CT molecular complexity index is 548. The van der Waals surface area contributed by atoms with Gasteiger partial charge in [-0.15, -0.1) is 0 Å². The van der Waals surface area contributed by atoms with Crippen LogP contribution in [0.1, 0.15) is 11.4 Å². The molecule has 0 fully saturated rings. The molecule has 0 bridgehead atoms. The van der Waals surface area contributed by atoms with E-state index in [2.05, 4.69) is 4.98 Å². The first-order valence-corrected chi connectivity index (χ1v) is 5.14. The number of aromatic nitrogens is 2. The number of hydrogen-bond donors (Lipinski definition) is 1. The third kappa shape index (κ3) is 1.65. The summed E-state index contributed by atoms with van der Waals surface area (Å²) < 4.78 is 14.9. The molecule has 0 aliphatic heterocycles. The molecule has 0 saturated carbocycles. The van der Waals surface area contributed by atoms with Crippen molar-refractivity contribution in [3.63, 3.8) is 0 Å². The lowest BCUT2D eigenvalue weighted by Crippen LogP contribution is -2.01. The van der Waals surface area contributed by atoms with Crippen LogP contribution in [0.3, 0.4) is 0 Å². The predicted octanol–water partition coefficient (Wildman–Crippen LogP) is 2.86. The van der Waals surface area contributed by atoms with E-state index in [9.17, 15) is 4.39 Å². The number of nitrogens with zero attached hydrogens (tertiary/aromatic N) is 2. The van der Waals surface area contributed by atoms with E-state index in [1.54, 1.807) is 10.9 Å². The predicted molar refractivity (Wildman–Crippen MR) is 62.4 cm³/mol. The molecule has 5 heteroatoms. The number of hydrogen-bond acceptors (Lipinski definition) is 2. The molecule has 16 heavy (non-hydrogen) atoms. The summed E-state index contributed by atoms with van der Waals surface area (Å²) in [5.74, 6) is -0.516. The summed E-state index contributed by atoms with van der Waals surface area (Å²) in [7, 11) is 0. The Morgan fingerprint density at radius 3 is 2.62 bits per heavy atom. The monoisotopic (exact) mass is 239 g/mol. The Hall–Kier alpha value is -1.55. The summed E-state index contributed by atoms with van der Waals surface area (Å²) in [6.45, 7) is 3.81. The summed E-state index contributed by atoms with van der Waals surface area (Å²) in [6.07, 6.45) is 1.64. The van der Waals surface area contributed by atoms with Crippen molar-refractivity contribution < 1.29 is 4.39 Å². The van der Waals surface area contributed by atoms with E-state index in [0.717, 1.165) is 11.4 Å². The van der Waals surface area contributed by atoms with Crippen LogP contribution in [0.4, 0.5) is 10.1 Å². The molecule has 1 heterocycles. The van der Waals surface area contributed by atoms with Crippen LogP contribution in [0.2, 0.25) is 5.02 Å². The van der Waals surface area contributed by atoms with Gasteiger partial charge in [0, 0.05) is 11.8 Å². The minimum Gasteiger partial charge on any atom is -0.397 e. The highest BCUT2D eigenvalue weighted by Crippen LogP contribution is 2.26. The Morgan fingerprint density at radius 2 is 2.06 bits per heavy atom. The Kier molecular flexibility index (Phi) is 2.59. The highest BCUT2D eigenvalue weighted by Gasteiger charge is 2.10. The Balaban J connectivity index is 2.65. The van der Waals surface area contributed by atoms with Gasteiger partial charge >= 0.3 is 0 Å². The molecular weight excluding hydrogens is 229 g/mol. The second kappa shape index (κ2) is 3.79. The van der Waals surface area contributed by atoms with Crippen LogP contribution in [0, 0.1) is 19.7 Å². The smallest absolute Gasteiger partial charge is 0.143 e. The summed E-state index contributed by atoms with van der Waals surface area (Å²) >= 11 is 5.73. The van der Waals surface area contributed by atoms with Gasteiger partial charge in [-0.25, -0.2) is 9.37 Å². The van der Waals surface area contributed by atoms with Crippen molar-refractivity contribution >= 4 is 17.3 Å². The molecule has 84 valence electrons. The van der Waals surface area contributed by atoms with Gasteiger partial charge in [-0.05, 0) is 19.9 Å². The molecule has 0 saturated heterocycles. The average Bonchev–Trinajstić information content (AvgIpc) is 2.54. The number of imidazole rings is 1. The van der Waals surface area contributed by atoms with E-state index in [1.165, 1.54) is 12.1 Å². The summed E-state index contributed by atoms with van der Waals surface area (Å²) in [5, 5.41) is 0.0509. The maximum atomic E-state index is 13.1. The van der Waals surface area contributed by atoms with Crippen molar-refractivity contribution in [2.45, 2.75) is 13.8 Å². The highest BCUT2D eigenvalue weighted by molar-refractivity contribution is 6.31. The standard InChI is InChI=1S/C11H11ClFN3/c1-6-7(2)16(5-15-6)11-3-8(12)9(13)4-10(11)14/h3-5H,14H2,1-2H3. The summed E-state index contributed by atoms with van der Waals surface area (Å²) in [5.41, 5.74) is 8.59. The first kappa shape index (κ1) is 11.0. The molecule has 0 spiro atoms. The quantitative estimate of drug-likeness (QED) is 0.778. The molecule has 0 amide bonds. The fraction of sp³-hybridized carbons (Fsp3) is 0.182. The van der Waals surface area contributed by atoms with E-state index >= 15 is 0 Å². The summed E-state index contributed by atoms with van der Waals surface area (Å²) in [6, 6.07) is 2.72. The summed E-state index contributed by atoms with van der Waals surface area (Å²) in [4.78, 5) is 4.16. The zero-order valence-electron chi connectivity index (χ0n) is 8.96. The molecule has 0 aliphatic carbocycles. The second-order valence-electron chi connectivity index (χ2n) is 3.61. The number of aryl methyl sites for hydroxylation is 1. The lowest BCUT2D eigenvalue weighted by atomic mass is 10.2. The number of benzene rings is 1. The van der Waals surface area contributed by atoms with E-state index < -0.39 is 5.82 Å². The van der Waals surface area contributed by atoms with Gasteiger partial charge in [0.2, 0.25) is 0 Å². The van der Waals surface area contributed by atoms with Gasteiger partial charge in [0.15, 0.2) is 0 Å². The minimum absolute atomic E-state index is 0.0509. The van der Waals surface area contributed by atoms with Crippen LogP contribution in [0.15, 0.2) is 18.5 Å². The van der Waals surface area contributed by atoms with Crippen LogP contribution in [-0.2, 0) is 0 Å². The van der Waals surface area contributed by atoms with E-state index in [-0.39, 0.29) is 5.02 Å². The molecule has 3 nitrogen and oxygen atoms in total. The average molecular weight is 240 g/mol. The van der Waals surface area contributed by atoms with Gasteiger partial charge in [0.25, 0.3) is 0 Å². The zero-order chi connectivity index (χ0) is 11.9. The van der Waals surface area contributed by atoms with Gasteiger partial charge in [-0.1, -0.05) is 11.6 Å². The van der Waals surface area contributed by atoms with Crippen LogP contribution in [0.5, 0.6) is 0 Å². The number of nitrogen functional groups attached to an aromatic ring is 1. The minimum atomic E-state index is -0.516. The number of rotatable bonds is 1. The van der Waals surface area contributed by atoms with E-state index in [0.29, 0.717) is 11.4 Å².